The molecule has 1 heterocycles. The summed E-state index contributed by atoms with van der Waals surface area (Å²) in [7, 11) is 0. The van der Waals surface area contributed by atoms with Crippen LogP contribution in [0.25, 0.3) is 0 Å². The van der Waals surface area contributed by atoms with E-state index in [0.717, 1.165) is 37.2 Å². The number of rotatable bonds is 7. The standard InChI is InChI=1S/C17H26N2O3/c1-13-3-2-4-16(9-13)22-12-15(20)11-19-17(21)10-14-5-7-18-8-6-14/h2-4,9,14-15,18,20H,5-8,10-12H2,1H3,(H,19,21). The molecule has 1 aliphatic heterocycles. The fourth-order valence-electron chi connectivity index (χ4n) is 2.61. The highest BCUT2D eigenvalue weighted by atomic mass is 16.5. The van der Waals surface area contributed by atoms with E-state index >= 15 is 0 Å². The second kappa shape index (κ2) is 8.76. The lowest BCUT2D eigenvalue weighted by Crippen LogP contribution is -2.37. The zero-order valence-electron chi connectivity index (χ0n) is 13.2. The van der Waals surface area contributed by atoms with Crippen LogP contribution in [0.4, 0.5) is 0 Å². The Balaban J connectivity index is 1.62. The molecule has 1 unspecified atom stereocenters. The van der Waals surface area contributed by atoms with Gasteiger partial charge in [0.1, 0.15) is 18.5 Å². The maximum atomic E-state index is 11.9. The molecule has 1 saturated heterocycles. The van der Waals surface area contributed by atoms with Gasteiger partial charge in [-0.3, -0.25) is 4.79 Å². The molecule has 1 amide bonds. The first-order valence-electron chi connectivity index (χ1n) is 7.98. The van der Waals surface area contributed by atoms with Gasteiger partial charge in [0.2, 0.25) is 5.91 Å². The van der Waals surface area contributed by atoms with E-state index in [4.69, 9.17) is 4.74 Å². The van der Waals surface area contributed by atoms with Crippen LogP contribution in [0.2, 0.25) is 0 Å². The van der Waals surface area contributed by atoms with Crippen LogP contribution < -0.4 is 15.4 Å². The zero-order chi connectivity index (χ0) is 15.8. The molecule has 1 fully saturated rings. The number of piperidine rings is 1. The molecule has 0 radical (unpaired) electrons. The summed E-state index contributed by atoms with van der Waals surface area (Å²) in [5.74, 6) is 1.21. The minimum absolute atomic E-state index is 0.0153. The van der Waals surface area contributed by atoms with E-state index in [9.17, 15) is 9.90 Å². The van der Waals surface area contributed by atoms with Gasteiger partial charge in [0.05, 0.1) is 0 Å². The van der Waals surface area contributed by atoms with E-state index in [0.29, 0.717) is 12.3 Å². The summed E-state index contributed by atoms with van der Waals surface area (Å²) in [5.41, 5.74) is 1.11. The summed E-state index contributed by atoms with van der Waals surface area (Å²) >= 11 is 0. The van der Waals surface area contributed by atoms with Gasteiger partial charge in [-0.1, -0.05) is 12.1 Å². The number of carbonyl (C=O) groups is 1. The maximum Gasteiger partial charge on any atom is 0.220 e. The average molecular weight is 306 g/mol. The van der Waals surface area contributed by atoms with Crippen molar-refractivity contribution in [3.63, 3.8) is 0 Å². The van der Waals surface area contributed by atoms with Crippen LogP contribution in [-0.2, 0) is 4.79 Å². The second-order valence-corrected chi connectivity index (χ2v) is 5.98. The molecule has 1 atom stereocenters. The fraction of sp³-hybridized carbons (Fsp3) is 0.588. The third-order valence-electron chi connectivity index (χ3n) is 3.90. The Morgan fingerprint density at radius 3 is 2.95 bits per heavy atom. The average Bonchev–Trinajstić information content (AvgIpc) is 2.52. The third kappa shape index (κ3) is 6.03. The van der Waals surface area contributed by atoms with Gasteiger partial charge in [0.15, 0.2) is 0 Å². The van der Waals surface area contributed by atoms with Crippen LogP contribution in [0, 0.1) is 12.8 Å². The van der Waals surface area contributed by atoms with Gasteiger partial charge in [-0.15, -0.1) is 0 Å². The minimum Gasteiger partial charge on any atom is -0.491 e. The SMILES string of the molecule is Cc1cccc(OCC(O)CNC(=O)CC2CCNCC2)c1. The molecule has 1 aromatic rings. The predicted octanol–water partition coefficient (Wildman–Crippen LogP) is 1.24. The number of benzene rings is 1. The second-order valence-electron chi connectivity index (χ2n) is 5.98. The Bertz CT molecular complexity index is 473. The molecule has 1 aliphatic rings. The highest BCUT2D eigenvalue weighted by Crippen LogP contribution is 2.15. The van der Waals surface area contributed by atoms with Crippen LogP contribution in [0.15, 0.2) is 24.3 Å². The highest BCUT2D eigenvalue weighted by molar-refractivity contribution is 5.76. The molecule has 0 saturated carbocycles. The molecule has 5 nitrogen and oxygen atoms in total. The van der Waals surface area contributed by atoms with Crippen molar-refractivity contribution in [1.29, 1.82) is 0 Å². The Morgan fingerprint density at radius 1 is 1.45 bits per heavy atom. The summed E-state index contributed by atoms with van der Waals surface area (Å²) in [6.45, 7) is 4.38. The van der Waals surface area contributed by atoms with Crippen molar-refractivity contribution in [1.82, 2.24) is 10.6 Å². The van der Waals surface area contributed by atoms with E-state index in [1.807, 2.05) is 31.2 Å². The van der Waals surface area contributed by atoms with Crippen molar-refractivity contribution >= 4 is 5.91 Å². The zero-order valence-corrected chi connectivity index (χ0v) is 13.2. The molecule has 3 N–H and O–H groups in total. The third-order valence-corrected chi connectivity index (χ3v) is 3.90. The van der Waals surface area contributed by atoms with Crippen LogP contribution >= 0.6 is 0 Å². The molecule has 1 aromatic carbocycles. The van der Waals surface area contributed by atoms with Crippen molar-refractivity contribution in [3.8, 4) is 5.75 Å². The van der Waals surface area contributed by atoms with E-state index in [1.165, 1.54) is 0 Å². The quantitative estimate of drug-likeness (QED) is 0.709. The van der Waals surface area contributed by atoms with E-state index in [-0.39, 0.29) is 19.1 Å². The van der Waals surface area contributed by atoms with Gasteiger partial charge in [0, 0.05) is 13.0 Å². The highest BCUT2D eigenvalue weighted by Gasteiger charge is 2.17. The van der Waals surface area contributed by atoms with Crippen LogP contribution in [-0.4, -0.2) is 43.4 Å². The maximum absolute atomic E-state index is 11.9. The Kier molecular flexibility index (Phi) is 6.68. The van der Waals surface area contributed by atoms with Crippen molar-refractivity contribution in [2.45, 2.75) is 32.3 Å². The molecular weight excluding hydrogens is 280 g/mol. The van der Waals surface area contributed by atoms with Gasteiger partial charge in [-0.05, 0) is 56.5 Å². The minimum atomic E-state index is -0.697. The number of aliphatic hydroxyl groups excluding tert-OH is 1. The van der Waals surface area contributed by atoms with Gasteiger partial charge in [-0.25, -0.2) is 0 Å². The summed E-state index contributed by atoms with van der Waals surface area (Å²) in [5, 5.41) is 16.0. The monoisotopic (exact) mass is 306 g/mol. The smallest absolute Gasteiger partial charge is 0.220 e. The first-order valence-corrected chi connectivity index (χ1v) is 7.98. The van der Waals surface area contributed by atoms with Crippen molar-refractivity contribution in [2.24, 2.45) is 5.92 Å². The molecule has 22 heavy (non-hydrogen) atoms. The molecule has 5 heteroatoms. The first-order chi connectivity index (χ1) is 10.6. The fourth-order valence-corrected chi connectivity index (χ4v) is 2.61. The van der Waals surface area contributed by atoms with E-state index < -0.39 is 6.10 Å². The largest absolute Gasteiger partial charge is 0.491 e. The lowest BCUT2D eigenvalue weighted by molar-refractivity contribution is -0.122. The molecule has 0 aliphatic carbocycles. The topological polar surface area (TPSA) is 70.6 Å². The van der Waals surface area contributed by atoms with Crippen molar-refractivity contribution < 1.29 is 14.6 Å². The molecular formula is C17H26N2O3. The molecule has 0 spiro atoms. The number of ether oxygens (including phenoxy) is 1. The van der Waals surface area contributed by atoms with E-state index in [1.54, 1.807) is 0 Å². The van der Waals surface area contributed by atoms with Gasteiger partial charge in [0.25, 0.3) is 0 Å². The number of amides is 1. The van der Waals surface area contributed by atoms with Crippen LogP contribution in [0.3, 0.4) is 0 Å². The Morgan fingerprint density at radius 2 is 2.23 bits per heavy atom. The van der Waals surface area contributed by atoms with E-state index in [2.05, 4.69) is 10.6 Å². The molecule has 122 valence electrons. The Labute approximate surface area is 132 Å². The number of nitrogens with one attached hydrogen (secondary N) is 2. The molecule has 0 bridgehead atoms. The lowest BCUT2D eigenvalue weighted by atomic mass is 9.94. The van der Waals surface area contributed by atoms with Gasteiger partial charge < -0.3 is 20.5 Å². The number of hydrogen-bond acceptors (Lipinski definition) is 4. The van der Waals surface area contributed by atoms with Crippen LogP contribution in [0.5, 0.6) is 5.75 Å². The van der Waals surface area contributed by atoms with Crippen molar-refractivity contribution in [3.05, 3.63) is 29.8 Å². The first kappa shape index (κ1) is 16.8. The summed E-state index contributed by atoms with van der Waals surface area (Å²) in [4.78, 5) is 11.9. The summed E-state index contributed by atoms with van der Waals surface area (Å²) in [6, 6.07) is 7.68. The van der Waals surface area contributed by atoms with Crippen LogP contribution in [0.1, 0.15) is 24.8 Å². The summed E-state index contributed by atoms with van der Waals surface area (Å²) in [6.07, 6.45) is 1.95. The molecule has 0 aromatic heterocycles. The molecule has 2 rings (SSSR count). The van der Waals surface area contributed by atoms with Crippen molar-refractivity contribution in [2.75, 3.05) is 26.2 Å². The number of hydrogen-bond donors (Lipinski definition) is 3. The van der Waals surface area contributed by atoms with Gasteiger partial charge in [-0.2, -0.15) is 0 Å². The number of aliphatic hydroxyl groups is 1. The number of aryl methyl sites for hydroxylation is 1. The normalized spacial score (nSPS) is 17.0. The Hall–Kier alpha value is -1.59. The predicted molar refractivity (Wildman–Crippen MR) is 85.9 cm³/mol. The number of carbonyl (C=O) groups excluding carboxylic acids is 1. The lowest BCUT2D eigenvalue weighted by Gasteiger charge is -2.22. The summed E-state index contributed by atoms with van der Waals surface area (Å²) < 4.78 is 5.52. The van der Waals surface area contributed by atoms with Gasteiger partial charge >= 0.3 is 0 Å².